The predicted octanol–water partition coefficient (Wildman–Crippen LogP) is 2.53. The molecule has 2 N–H and O–H groups in total. The number of imidazole rings is 1. The second-order valence-electron chi connectivity index (χ2n) is 3.96. The number of rotatable bonds is 3. The molecule has 0 aliphatic carbocycles. The summed E-state index contributed by atoms with van der Waals surface area (Å²) in [4.78, 5) is 9.24. The lowest BCUT2D eigenvalue weighted by Gasteiger charge is -2.17. The van der Waals surface area contributed by atoms with Gasteiger partial charge in [-0.2, -0.15) is 0 Å². The van der Waals surface area contributed by atoms with Gasteiger partial charge in [0.1, 0.15) is 0 Å². The summed E-state index contributed by atoms with van der Waals surface area (Å²) in [5.41, 5.74) is 3.50. The maximum atomic E-state index is 4.13. The normalized spacial score (nSPS) is 10.2. The largest absolute Gasteiger partial charge is 0.377 e. The van der Waals surface area contributed by atoms with Crippen molar-refractivity contribution in [3.05, 3.63) is 36.2 Å². The minimum atomic E-state index is 0.758. The molecular formula is C12H16N4. The smallest absolute Gasteiger partial charge is 0.204 e. The Hall–Kier alpha value is -1.97. The lowest BCUT2D eigenvalue weighted by molar-refractivity contribution is 1.11. The van der Waals surface area contributed by atoms with Crippen LogP contribution in [-0.2, 0) is 0 Å². The highest BCUT2D eigenvalue weighted by Gasteiger charge is 2.03. The van der Waals surface area contributed by atoms with E-state index < -0.39 is 0 Å². The standard InChI is InChI=1S/C12H16N4/c1-9-4-5-10(8-11(9)16(2)3)15-12-13-6-7-14-12/h4-8H,1-3H3,(H2,13,14,15). The van der Waals surface area contributed by atoms with Gasteiger partial charge in [0.25, 0.3) is 0 Å². The molecule has 0 unspecified atom stereocenters. The molecule has 0 aliphatic rings. The summed E-state index contributed by atoms with van der Waals surface area (Å²) in [6, 6.07) is 6.25. The van der Waals surface area contributed by atoms with Crippen molar-refractivity contribution < 1.29 is 0 Å². The average molecular weight is 216 g/mol. The van der Waals surface area contributed by atoms with Crippen LogP contribution in [0.4, 0.5) is 17.3 Å². The van der Waals surface area contributed by atoms with Gasteiger partial charge >= 0.3 is 0 Å². The molecule has 84 valence electrons. The molecule has 0 saturated carbocycles. The zero-order valence-corrected chi connectivity index (χ0v) is 9.78. The highest BCUT2D eigenvalue weighted by molar-refractivity contribution is 5.64. The fraction of sp³-hybridized carbons (Fsp3) is 0.250. The third-order valence-electron chi connectivity index (χ3n) is 2.45. The number of nitrogens with zero attached hydrogens (tertiary/aromatic N) is 2. The summed E-state index contributed by atoms with van der Waals surface area (Å²) in [5.74, 6) is 0.758. The minimum Gasteiger partial charge on any atom is -0.377 e. The van der Waals surface area contributed by atoms with Gasteiger partial charge < -0.3 is 15.2 Å². The molecule has 0 saturated heterocycles. The minimum absolute atomic E-state index is 0.758. The molecule has 0 bridgehead atoms. The summed E-state index contributed by atoms with van der Waals surface area (Å²) in [6.45, 7) is 2.10. The van der Waals surface area contributed by atoms with Crippen LogP contribution >= 0.6 is 0 Å². The Labute approximate surface area is 95.3 Å². The first-order chi connectivity index (χ1) is 7.66. The van der Waals surface area contributed by atoms with Crippen LogP contribution in [0.1, 0.15) is 5.56 Å². The van der Waals surface area contributed by atoms with Crippen molar-refractivity contribution in [2.45, 2.75) is 6.92 Å². The first-order valence-corrected chi connectivity index (χ1v) is 5.21. The number of hydrogen-bond acceptors (Lipinski definition) is 3. The van der Waals surface area contributed by atoms with Crippen LogP contribution in [0.15, 0.2) is 30.6 Å². The van der Waals surface area contributed by atoms with Crippen molar-refractivity contribution in [1.29, 1.82) is 0 Å². The van der Waals surface area contributed by atoms with Gasteiger partial charge in [0.2, 0.25) is 5.95 Å². The number of hydrogen-bond donors (Lipinski definition) is 2. The number of aromatic amines is 1. The molecule has 0 radical (unpaired) electrons. The van der Waals surface area contributed by atoms with Gasteiger partial charge in [-0.1, -0.05) is 6.07 Å². The van der Waals surface area contributed by atoms with E-state index in [0.717, 1.165) is 11.6 Å². The first-order valence-electron chi connectivity index (χ1n) is 5.21. The van der Waals surface area contributed by atoms with E-state index in [-0.39, 0.29) is 0 Å². The van der Waals surface area contributed by atoms with Crippen LogP contribution in [0.3, 0.4) is 0 Å². The van der Waals surface area contributed by atoms with Crippen LogP contribution in [0, 0.1) is 6.92 Å². The van der Waals surface area contributed by atoms with Crippen LogP contribution in [0.2, 0.25) is 0 Å². The average Bonchev–Trinajstić information content (AvgIpc) is 2.73. The van der Waals surface area contributed by atoms with E-state index in [1.165, 1.54) is 11.3 Å². The molecule has 2 aromatic rings. The fourth-order valence-electron chi connectivity index (χ4n) is 1.64. The molecule has 0 fully saturated rings. The molecule has 4 heteroatoms. The van der Waals surface area contributed by atoms with Gasteiger partial charge in [-0.05, 0) is 24.6 Å². The van der Waals surface area contributed by atoms with Crippen molar-refractivity contribution in [2.75, 3.05) is 24.3 Å². The van der Waals surface area contributed by atoms with E-state index in [2.05, 4.69) is 39.2 Å². The zero-order valence-electron chi connectivity index (χ0n) is 9.78. The van der Waals surface area contributed by atoms with Gasteiger partial charge in [-0.3, -0.25) is 0 Å². The Kier molecular flexibility index (Phi) is 2.81. The SMILES string of the molecule is Cc1ccc(Nc2ncc[nH]2)cc1N(C)C. The quantitative estimate of drug-likeness (QED) is 0.828. The monoisotopic (exact) mass is 216 g/mol. The molecular weight excluding hydrogens is 200 g/mol. The third kappa shape index (κ3) is 2.16. The Morgan fingerprint density at radius 3 is 2.75 bits per heavy atom. The second-order valence-corrected chi connectivity index (χ2v) is 3.96. The van der Waals surface area contributed by atoms with Gasteiger partial charge in [0, 0.05) is 37.9 Å². The summed E-state index contributed by atoms with van der Waals surface area (Å²) in [6.07, 6.45) is 3.52. The summed E-state index contributed by atoms with van der Waals surface area (Å²) in [7, 11) is 4.08. The molecule has 0 spiro atoms. The Balaban J connectivity index is 2.26. The number of aromatic nitrogens is 2. The van der Waals surface area contributed by atoms with Crippen molar-refractivity contribution in [1.82, 2.24) is 9.97 Å². The molecule has 4 nitrogen and oxygen atoms in total. The lowest BCUT2D eigenvalue weighted by atomic mass is 10.1. The van der Waals surface area contributed by atoms with Crippen LogP contribution in [-0.4, -0.2) is 24.1 Å². The number of H-pyrrole nitrogens is 1. The number of benzene rings is 1. The van der Waals surface area contributed by atoms with Gasteiger partial charge in [-0.15, -0.1) is 0 Å². The third-order valence-corrected chi connectivity index (χ3v) is 2.45. The van der Waals surface area contributed by atoms with Crippen molar-refractivity contribution in [3.63, 3.8) is 0 Å². The Morgan fingerprint density at radius 2 is 2.12 bits per heavy atom. The highest BCUT2D eigenvalue weighted by Crippen LogP contribution is 2.23. The van der Waals surface area contributed by atoms with E-state index in [1.54, 1.807) is 12.4 Å². The molecule has 16 heavy (non-hydrogen) atoms. The fourth-order valence-corrected chi connectivity index (χ4v) is 1.64. The molecule has 0 atom stereocenters. The molecule has 0 aliphatic heterocycles. The zero-order chi connectivity index (χ0) is 11.5. The summed E-state index contributed by atoms with van der Waals surface area (Å²) < 4.78 is 0. The van der Waals surface area contributed by atoms with Gasteiger partial charge in [0.15, 0.2) is 0 Å². The summed E-state index contributed by atoms with van der Waals surface area (Å²) in [5, 5.41) is 3.21. The molecule has 1 aromatic carbocycles. The van der Waals surface area contributed by atoms with Crippen molar-refractivity contribution >= 4 is 17.3 Å². The van der Waals surface area contributed by atoms with Crippen LogP contribution < -0.4 is 10.2 Å². The maximum absolute atomic E-state index is 4.13. The maximum Gasteiger partial charge on any atom is 0.204 e. The lowest BCUT2D eigenvalue weighted by Crippen LogP contribution is -2.10. The number of anilines is 3. The predicted molar refractivity (Wildman–Crippen MR) is 67.4 cm³/mol. The molecule has 1 aromatic heterocycles. The Morgan fingerprint density at radius 1 is 1.31 bits per heavy atom. The summed E-state index contributed by atoms with van der Waals surface area (Å²) >= 11 is 0. The highest BCUT2D eigenvalue weighted by atomic mass is 15.1. The Bertz CT molecular complexity index is 460. The van der Waals surface area contributed by atoms with Crippen LogP contribution in [0.5, 0.6) is 0 Å². The molecule has 2 rings (SSSR count). The number of aryl methyl sites for hydroxylation is 1. The first kappa shape index (κ1) is 10.5. The topological polar surface area (TPSA) is 44.0 Å². The van der Waals surface area contributed by atoms with Gasteiger partial charge in [0.05, 0.1) is 0 Å². The number of nitrogens with one attached hydrogen (secondary N) is 2. The van der Waals surface area contributed by atoms with E-state index in [9.17, 15) is 0 Å². The van der Waals surface area contributed by atoms with E-state index >= 15 is 0 Å². The van der Waals surface area contributed by atoms with E-state index in [4.69, 9.17) is 0 Å². The van der Waals surface area contributed by atoms with Gasteiger partial charge in [-0.25, -0.2) is 4.98 Å². The molecule has 1 heterocycles. The van der Waals surface area contributed by atoms with E-state index in [0.29, 0.717) is 0 Å². The van der Waals surface area contributed by atoms with Crippen LogP contribution in [0.25, 0.3) is 0 Å². The van der Waals surface area contributed by atoms with Crippen molar-refractivity contribution in [3.8, 4) is 0 Å². The second kappa shape index (κ2) is 4.26. The van der Waals surface area contributed by atoms with E-state index in [1.807, 2.05) is 20.2 Å². The van der Waals surface area contributed by atoms with Crippen molar-refractivity contribution in [2.24, 2.45) is 0 Å². The molecule has 0 amide bonds.